The van der Waals surface area contributed by atoms with Gasteiger partial charge < -0.3 is 14.9 Å². The first-order chi connectivity index (χ1) is 17.3. The number of ether oxygens (including phenoxy) is 1. The summed E-state index contributed by atoms with van der Waals surface area (Å²) in [6.45, 7) is 7.19. The van der Waals surface area contributed by atoms with Gasteiger partial charge in [-0.1, -0.05) is 58.0 Å². The number of aromatic nitrogens is 2. The predicted octanol–water partition coefficient (Wildman–Crippen LogP) is 2.37. The van der Waals surface area contributed by atoms with E-state index in [2.05, 4.69) is 4.98 Å². The Bertz CT molecular complexity index is 1440. The Morgan fingerprint density at radius 2 is 1.76 bits per heavy atom. The maximum atomic E-state index is 13.2. The lowest BCUT2D eigenvalue weighted by atomic mass is 9.94. The molecule has 0 saturated carbocycles. The van der Waals surface area contributed by atoms with Crippen LogP contribution >= 0.6 is 0 Å². The predicted molar refractivity (Wildman–Crippen MR) is 139 cm³/mol. The van der Waals surface area contributed by atoms with E-state index < -0.39 is 34.2 Å². The van der Waals surface area contributed by atoms with E-state index in [0.29, 0.717) is 24.1 Å². The van der Waals surface area contributed by atoms with Crippen LogP contribution in [0.25, 0.3) is 5.52 Å². The lowest BCUT2D eigenvalue weighted by Crippen LogP contribution is -2.33. The molecule has 11 heteroatoms. The highest BCUT2D eigenvalue weighted by atomic mass is 32.2. The average Bonchev–Trinajstić information content (AvgIpc) is 3.08. The molecule has 0 saturated heterocycles. The van der Waals surface area contributed by atoms with E-state index in [9.17, 15) is 22.8 Å². The van der Waals surface area contributed by atoms with E-state index >= 15 is 0 Å². The normalized spacial score (nSPS) is 11.8. The average molecular weight is 529 g/mol. The summed E-state index contributed by atoms with van der Waals surface area (Å²) in [5, 5.41) is 0. The van der Waals surface area contributed by atoms with Gasteiger partial charge in [-0.15, -0.1) is 0 Å². The first kappa shape index (κ1) is 27.9. The van der Waals surface area contributed by atoms with Crippen LogP contribution in [0.4, 0.5) is 0 Å². The quantitative estimate of drug-likeness (QED) is 0.286. The van der Waals surface area contributed by atoms with Gasteiger partial charge in [-0.2, -0.15) is 0 Å². The molecule has 0 aliphatic carbocycles. The van der Waals surface area contributed by atoms with Crippen LogP contribution in [0, 0.1) is 5.92 Å². The number of carbonyl (C=O) groups excluding carboxylic acids is 3. The minimum Gasteiger partial charge on any atom is -0.466 e. The molecule has 2 amide bonds. The highest BCUT2D eigenvalue weighted by Gasteiger charge is 2.30. The zero-order valence-electron chi connectivity index (χ0n) is 21.6. The van der Waals surface area contributed by atoms with Crippen molar-refractivity contribution < 1.29 is 27.5 Å². The van der Waals surface area contributed by atoms with Crippen molar-refractivity contribution in [2.24, 2.45) is 11.7 Å². The Kier molecular flexibility index (Phi) is 8.37. The molecule has 0 aliphatic rings. The number of hydrogen-bond acceptors (Lipinski definition) is 7. The molecule has 10 nitrogen and oxygen atoms in total. The Labute approximate surface area is 216 Å². The highest BCUT2D eigenvalue weighted by Crippen LogP contribution is 2.34. The van der Waals surface area contributed by atoms with Gasteiger partial charge >= 0.3 is 0 Å². The Morgan fingerprint density at radius 1 is 1.11 bits per heavy atom. The van der Waals surface area contributed by atoms with Crippen molar-refractivity contribution in [2.45, 2.75) is 46.5 Å². The van der Waals surface area contributed by atoms with Crippen LogP contribution < -0.4 is 15.2 Å². The fourth-order valence-corrected chi connectivity index (χ4v) is 4.57. The van der Waals surface area contributed by atoms with E-state index in [0.717, 1.165) is 17.5 Å². The van der Waals surface area contributed by atoms with Crippen LogP contribution in [0.1, 0.15) is 66.5 Å². The molecule has 37 heavy (non-hydrogen) atoms. The van der Waals surface area contributed by atoms with Crippen molar-refractivity contribution in [2.75, 3.05) is 12.9 Å². The van der Waals surface area contributed by atoms with Gasteiger partial charge in [0, 0.05) is 18.3 Å². The van der Waals surface area contributed by atoms with E-state index in [1.165, 1.54) is 0 Å². The molecular weight excluding hydrogens is 496 g/mol. The number of nitrogens with one attached hydrogen (secondary N) is 1. The molecule has 3 aromatic rings. The fourth-order valence-electron chi connectivity index (χ4n) is 4.10. The van der Waals surface area contributed by atoms with Crippen LogP contribution in [0.5, 0.6) is 5.88 Å². The van der Waals surface area contributed by atoms with Crippen LogP contribution in [0.3, 0.4) is 0 Å². The number of benzene rings is 1. The number of ketones is 1. The minimum atomic E-state index is -3.80. The van der Waals surface area contributed by atoms with E-state index in [-0.39, 0.29) is 28.8 Å². The summed E-state index contributed by atoms with van der Waals surface area (Å²) in [6, 6.07) is 9.67. The maximum absolute atomic E-state index is 13.2. The first-order valence-corrected chi connectivity index (χ1v) is 13.8. The highest BCUT2D eigenvalue weighted by molar-refractivity contribution is 7.89. The van der Waals surface area contributed by atoms with Crippen molar-refractivity contribution in [3.63, 3.8) is 0 Å². The number of fused-ring (bicyclic) bond motifs is 1. The van der Waals surface area contributed by atoms with Crippen molar-refractivity contribution in [3.05, 3.63) is 64.6 Å². The molecule has 0 bridgehead atoms. The zero-order chi connectivity index (χ0) is 27.5. The van der Waals surface area contributed by atoms with Gasteiger partial charge in [-0.05, 0) is 29.4 Å². The molecule has 0 radical (unpaired) electrons. The van der Waals surface area contributed by atoms with Gasteiger partial charge in [0.2, 0.25) is 15.9 Å². The summed E-state index contributed by atoms with van der Waals surface area (Å²) in [4.78, 5) is 42.0. The molecule has 1 aromatic carbocycles. The second-order valence-electron chi connectivity index (χ2n) is 9.68. The van der Waals surface area contributed by atoms with Crippen LogP contribution in [-0.2, 0) is 32.5 Å². The molecule has 198 valence electrons. The number of nitrogens with two attached hydrogens (primary N) is 1. The van der Waals surface area contributed by atoms with Gasteiger partial charge in [0.05, 0.1) is 17.5 Å². The lowest BCUT2D eigenvalue weighted by molar-refractivity contribution is -0.121. The lowest BCUT2D eigenvalue weighted by Gasteiger charge is -2.14. The summed E-state index contributed by atoms with van der Waals surface area (Å²) in [5.41, 5.74) is 8.76. The van der Waals surface area contributed by atoms with E-state index in [1.54, 1.807) is 10.6 Å². The monoisotopic (exact) mass is 528 g/mol. The van der Waals surface area contributed by atoms with Gasteiger partial charge in [0.1, 0.15) is 5.52 Å². The third kappa shape index (κ3) is 6.73. The maximum Gasteiger partial charge on any atom is 0.289 e. The summed E-state index contributed by atoms with van der Waals surface area (Å²) < 4.78 is 32.2. The first-order valence-electron chi connectivity index (χ1n) is 11.9. The molecule has 2 aromatic heterocycles. The molecule has 0 spiro atoms. The fraction of sp³-hybridized carbons (Fsp3) is 0.385. The number of rotatable bonds is 11. The van der Waals surface area contributed by atoms with Crippen LogP contribution in [0.15, 0.2) is 36.5 Å². The van der Waals surface area contributed by atoms with E-state index in [4.69, 9.17) is 10.5 Å². The van der Waals surface area contributed by atoms with Gasteiger partial charge in [-0.25, -0.2) is 13.4 Å². The molecule has 3 rings (SSSR count). The molecule has 2 heterocycles. The van der Waals surface area contributed by atoms with Crippen molar-refractivity contribution in [3.8, 4) is 5.88 Å². The standard InChI is InChI=1S/C26H32N4O6S/c1-15(2)11-18-20(12-17-9-7-6-8-10-17)30-13-19(16(3)4)28-26(23(30)22(18)24(32)25(27)33)36-14-21(31)29-37(5,34)35/h6-10,13,15-16H,11-12,14H2,1-5H3,(H2,27,33)(H,29,31). The van der Waals surface area contributed by atoms with Crippen molar-refractivity contribution in [1.82, 2.24) is 14.1 Å². The number of hydrogen-bond donors (Lipinski definition) is 2. The van der Waals surface area contributed by atoms with Gasteiger partial charge in [0.15, 0.2) is 6.61 Å². The Morgan fingerprint density at radius 3 is 2.30 bits per heavy atom. The van der Waals surface area contributed by atoms with Crippen molar-refractivity contribution in [1.29, 1.82) is 0 Å². The molecule has 0 fully saturated rings. The Hall–Kier alpha value is -3.73. The summed E-state index contributed by atoms with van der Waals surface area (Å²) in [5.74, 6) is -2.90. The molecular formula is C26H32N4O6S. The number of primary amides is 1. The van der Waals surface area contributed by atoms with Crippen LogP contribution in [-0.4, -0.2) is 48.3 Å². The minimum absolute atomic E-state index is 0.0487. The van der Waals surface area contributed by atoms with Gasteiger partial charge in [-0.3, -0.25) is 19.1 Å². The Balaban J connectivity index is 2.33. The molecule has 0 aliphatic heterocycles. The molecule has 3 N–H and O–H groups in total. The molecule has 0 atom stereocenters. The van der Waals surface area contributed by atoms with Gasteiger partial charge in [0.25, 0.3) is 17.6 Å². The zero-order valence-corrected chi connectivity index (χ0v) is 22.4. The third-order valence-electron chi connectivity index (χ3n) is 5.62. The third-order valence-corrected chi connectivity index (χ3v) is 6.22. The number of amides is 2. The second-order valence-corrected chi connectivity index (χ2v) is 11.4. The molecule has 0 unspecified atom stereocenters. The van der Waals surface area contributed by atoms with Crippen molar-refractivity contribution >= 4 is 33.1 Å². The largest absolute Gasteiger partial charge is 0.466 e. The smallest absolute Gasteiger partial charge is 0.289 e. The summed E-state index contributed by atoms with van der Waals surface area (Å²) >= 11 is 0. The SMILES string of the molecule is CC(C)Cc1c(C(=O)C(N)=O)c2c(OCC(=O)NS(C)(=O)=O)nc(C(C)C)cn2c1Cc1ccccc1. The number of sulfonamides is 1. The number of nitrogens with zero attached hydrogens (tertiary/aromatic N) is 2. The number of carbonyl (C=O) groups is 3. The summed E-state index contributed by atoms with van der Waals surface area (Å²) in [7, 11) is -3.80. The van der Waals surface area contributed by atoms with E-state index in [1.807, 2.05) is 62.7 Å². The second kappa shape index (κ2) is 11.1. The summed E-state index contributed by atoms with van der Waals surface area (Å²) in [6.07, 6.45) is 3.57. The number of Topliss-reactive ketones (excluding diaryl/α,β-unsaturated/α-hetero) is 1. The van der Waals surface area contributed by atoms with Crippen LogP contribution in [0.2, 0.25) is 0 Å². The topological polar surface area (TPSA) is 150 Å².